The first-order valence-corrected chi connectivity index (χ1v) is 6.00. The molecule has 0 aliphatic rings. The van der Waals surface area contributed by atoms with Gasteiger partial charge in [0.2, 0.25) is 0 Å². The Bertz CT molecular complexity index is 506. The maximum absolute atomic E-state index is 10.6. The Balaban J connectivity index is 2.00. The molecule has 2 aromatic rings. The summed E-state index contributed by atoms with van der Waals surface area (Å²) in [5, 5.41) is 8.73. The smallest absolute Gasteiger partial charge is 0.303 e. The molecular formula is C14H16N2O2. The number of benzene rings is 1. The van der Waals surface area contributed by atoms with Gasteiger partial charge >= 0.3 is 5.97 Å². The zero-order valence-electron chi connectivity index (χ0n) is 10.1. The second kappa shape index (κ2) is 6.00. The molecule has 94 valence electrons. The summed E-state index contributed by atoms with van der Waals surface area (Å²) in [6.45, 7) is 0.865. The molecule has 0 aliphatic heterocycles. The van der Waals surface area contributed by atoms with Crippen molar-refractivity contribution in [2.45, 2.75) is 25.8 Å². The largest absolute Gasteiger partial charge is 0.481 e. The summed E-state index contributed by atoms with van der Waals surface area (Å²) in [6, 6.07) is 8.02. The number of carbonyl (C=O) groups is 1. The van der Waals surface area contributed by atoms with Crippen LogP contribution in [0.15, 0.2) is 43.0 Å². The first kappa shape index (κ1) is 12.4. The lowest BCUT2D eigenvalue weighted by molar-refractivity contribution is -0.136. The maximum atomic E-state index is 10.6. The fourth-order valence-corrected chi connectivity index (χ4v) is 1.96. The van der Waals surface area contributed by atoms with Crippen molar-refractivity contribution in [3.63, 3.8) is 0 Å². The molecule has 0 bridgehead atoms. The highest BCUT2D eigenvalue weighted by atomic mass is 16.4. The van der Waals surface area contributed by atoms with Crippen molar-refractivity contribution in [3.8, 4) is 0 Å². The number of carboxylic acids is 1. The second-order valence-corrected chi connectivity index (χ2v) is 4.21. The zero-order chi connectivity index (χ0) is 12.8. The number of carboxylic acid groups (broad SMARTS) is 1. The highest BCUT2D eigenvalue weighted by Gasteiger charge is 2.04. The molecule has 1 aromatic carbocycles. The first-order valence-electron chi connectivity index (χ1n) is 6.00. The molecular weight excluding hydrogens is 228 g/mol. The van der Waals surface area contributed by atoms with Gasteiger partial charge in [-0.15, -0.1) is 0 Å². The third-order valence-corrected chi connectivity index (χ3v) is 2.93. The van der Waals surface area contributed by atoms with Crippen LogP contribution in [0.25, 0.3) is 0 Å². The topological polar surface area (TPSA) is 55.1 Å². The first-order chi connectivity index (χ1) is 8.75. The van der Waals surface area contributed by atoms with Crippen molar-refractivity contribution in [2.75, 3.05) is 0 Å². The summed E-state index contributed by atoms with van der Waals surface area (Å²) >= 11 is 0. The van der Waals surface area contributed by atoms with E-state index in [1.165, 1.54) is 5.56 Å². The van der Waals surface area contributed by atoms with Gasteiger partial charge in [-0.25, -0.2) is 4.98 Å². The van der Waals surface area contributed by atoms with E-state index >= 15 is 0 Å². The molecule has 4 nitrogen and oxygen atoms in total. The van der Waals surface area contributed by atoms with Crippen LogP contribution >= 0.6 is 0 Å². The van der Waals surface area contributed by atoms with E-state index in [1.54, 1.807) is 12.5 Å². The standard InChI is InChI=1S/C14H16N2O2/c17-14(18)6-5-12-3-1-2-4-13(12)7-9-16-10-8-15-11-16/h1-4,8,10-11H,5-7,9H2,(H,17,18). The van der Waals surface area contributed by atoms with Crippen LogP contribution in [0.3, 0.4) is 0 Å². The van der Waals surface area contributed by atoms with Crippen LogP contribution in [0.5, 0.6) is 0 Å². The molecule has 0 saturated heterocycles. The van der Waals surface area contributed by atoms with Crippen LogP contribution in [-0.4, -0.2) is 20.6 Å². The van der Waals surface area contributed by atoms with Gasteiger partial charge in [-0.1, -0.05) is 24.3 Å². The van der Waals surface area contributed by atoms with Crippen molar-refractivity contribution in [1.82, 2.24) is 9.55 Å². The number of hydrogen-bond acceptors (Lipinski definition) is 2. The third kappa shape index (κ3) is 3.45. The Labute approximate surface area is 106 Å². The minimum absolute atomic E-state index is 0.183. The average Bonchev–Trinajstić information content (AvgIpc) is 2.88. The Morgan fingerprint density at radius 1 is 1.22 bits per heavy atom. The van der Waals surface area contributed by atoms with E-state index in [0.717, 1.165) is 18.5 Å². The average molecular weight is 244 g/mol. The van der Waals surface area contributed by atoms with Crippen molar-refractivity contribution >= 4 is 5.97 Å². The van der Waals surface area contributed by atoms with Crippen molar-refractivity contribution < 1.29 is 9.90 Å². The van der Waals surface area contributed by atoms with Gasteiger partial charge in [-0.2, -0.15) is 0 Å². The number of aliphatic carboxylic acids is 1. The lowest BCUT2D eigenvalue weighted by Crippen LogP contribution is -2.04. The molecule has 1 N–H and O–H groups in total. The molecule has 0 fully saturated rings. The van der Waals surface area contributed by atoms with Gasteiger partial charge < -0.3 is 9.67 Å². The number of aryl methyl sites for hydroxylation is 3. The molecule has 0 atom stereocenters. The number of imidazole rings is 1. The summed E-state index contributed by atoms with van der Waals surface area (Å²) in [5.41, 5.74) is 2.34. The summed E-state index contributed by atoms with van der Waals surface area (Å²) in [5.74, 6) is -0.751. The Morgan fingerprint density at radius 2 is 1.94 bits per heavy atom. The summed E-state index contributed by atoms with van der Waals surface area (Å²) in [4.78, 5) is 14.6. The van der Waals surface area contributed by atoms with Gasteiger partial charge in [0.25, 0.3) is 0 Å². The Kier molecular flexibility index (Phi) is 4.12. The second-order valence-electron chi connectivity index (χ2n) is 4.21. The molecule has 0 saturated carbocycles. The SMILES string of the molecule is O=C(O)CCc1ccccc1CCn1ccnc1. The predicted octanol–water partition coefficient (Wildman–Crippen LogP) is 2.14. The minimum atomic E-state index is -0.751. The van der Waals surface area contributed by atoms with E-state index in [1.807, 2.05) is 29.0 Å². The fourth-order valence-electron chi connectivity index (χ4n) is 1.96. The number of aromatic nitrogens is 2. The minimum Gasteiger partial charge on any atom is -0.481 e. The lowest BCUT2D eigenvalue weighted by atomic mass is 10.0. The monoisotopic (exact) mass is 244 g/mol. The van der Waals surface area contributed by atoms with Gasteiger partial charge in [0, 0.05) is 25.4 Å². The number of hydrogen-bond donors (Lipinski definition) is 1. The fraction of sp³-hybridized carbons (Fsp3) is 0.286. The van der Waals surface area contributed by atoms with E-state index in [-0.39, 0.29) is 6.42 Å². The molecule has 0 unspecified atom stereocenters. The Hall–Kier alpha value is -2.10. The van der Waals surface area contributed by atoms with Gasteiger partial charge in [0.15, 0.2) is 0 Å². The summed E-state index contributed by atoms with van der Waals surface area (Å²) in [6.07, 6.45) is 7.15. The van der Waals surface area contributed by atoms with Gasteiger partial charge in [0.05, 0.1) is 6.33 Å². The van der Waals surface area contributed by atoms with E-state index < -0.39 is 5.97 Å². The molecule has 1 heterocycles. The van der Waals surface area contributed by atoms with E-state index in [9.17, 15) is 4.79 Å². The van der Waals surface area contributed by atoms with E-state index in [0.29, 0.717) is 6.42 Å². The highest BCUT2D eigenvalue weighted by molar-refractivity contribution is 5.67. The van der Waals surface area contributed by atoms with Crippen molar-refractivity contribution in [2.24, 2.45) is 0 Å². The molecule has 4 heteroatoms. The van der Waals surface area contributed by atoms with Crippen LogP contribution in [0.4, 0.5) is 0 Å². The van der Waals surface area contributed by atoms with Gasteiger partial charge in [-0.3, -0.25) is 4.79 Å². The summed E-state index contributed by atoms with van der Waals surface area (Å²) < 4.78 is 2.02. The highest BCUT2D eigenvalue weighted by Crippen LogP contribution is 2.12. The van der Waals surface area contributed by atoms with Crippen LogP contribution in [0.2, 0.25) is 0 Å². The number of rotatable bonds is 6. The van der Waals surface area contributed by atoms with Crippen molar-refractivity contribution in [3.05, 3.63) is 54.1 Å². The normalized spacial score (nSPS) is 10.4. The van der Waals surface area contributed by atoms with Gasteiger partial charge in [-0.05, 0) is 24.0 Å². The molecule has 1 aromatic heterocycles. The van der Waals surface area contributed by atoms with Crippen LogP contribution in [0, 0.1) is 0 Å². The lowest BCUT2D eigenvalue weighted by Gasteiger charge is -2.08. The molecule has 0 amide bonds. The quantitative estimate of drug-likeness (QED) is 0.847. The van der Waals surface area contributed by atoms with E-state index in [4.69, 9.17) is 5.11 Å². The molecule has 0 radical (unpaired) electrons. The predicted molar refractivity (Wildman–Crippen MR) is 68.3 cm³/mol. The molecule has 2 rings (SSSR count). The Morgan fingerprint density at radius 3 is 2.56 bits per heavy atom. The van der Waals surface area contributed by atoms with Gasteiger partial charge in [0.1, 0.15) is 0 Å². The zero-order valence-corrected chi connectivity index (χ0v) is 10.1. The molecule has 18 heavy (non-hydrogen) atoms. The molecule has 0 aliphatic carbocycles. The maximum Gasteiger partial charge on any atom is 0.303 e. The van der Waals surface area contributed by atoms with E-state index in [2.05, 4.69) is 11.1 Å². The van der Waals surface area contributed by atoms with Crippen molar-refractivity contribution in [1.29, 1.82) is 0 Å². The summed E-state index contributed by atoms with van der Waals surface area (Å²) in [7, 11) is 0. The third-order valence-electron chi connectivity index (χ3n) is 2.93. The van der Waals surface area contributed by atoms with Crippen LogP contribution < -0.4 is 0 Å². The molecule has 0 spiro atoms. The van der Waals surface area contributed by atoms with Crippen LogP contribution in [0.1, 0.15) is 17.5 Å². The number of nitrogens with zero attached hydrogens (tertiary/aromatic N) is 2. The van der Waals surface area contributed by atoms with Crippen LogP contribution in [-0.2, 0) is 24.2 Å².